The van der Waals surface area contributed by atoms with Gasteiger partial charge in [0.2, 0.25) is 10.0 Å². The molecular formula is C21H23N3O2S. The first-order chi connectivity index (χ1) is 13.0. The largest absolute Gasteiger partial charge is 0.310 e. The molecule has 1 aromatic heterocycles. The Kier molecular flexibility index (Phi) is 6.28. The smallest absolute Gasteiger partial charge is 0.229 e. The summed E-state index contributed by atoms with van der Waals surface area (Å²) in [5, 5.41) is 3.52. The first-order valence-electron chi connectivity index (χ1n) is 8.90. The fraction of sp³-hybridized carbons (Fsp3) is 0.286. The maximum atomic E-state index is 11.2. The van der Waals surface area contributed by atoms with Crippen LogP contribution in [0.25, 0.3) is 5.57 Å². The summed E-state index contributed by atoms with van der Waals surface area (Å²) in [5.41, 5.74) is 3.76. The van der Waals surface area contributed by atoms with Crippen molar-refractivity contribution in [2.24, 2.45) is 0 Å². The van der Waals surface area contributed by atoms with Crippen LogP contribution in [-0.4, -0.2) is 32.2 Å². The van der Waals surface area contributed by atoms with E-state index in [2.05, 4.69) is 57.2 Å². The van der Waals surface area contributed by atoms with E-state index in [1.54, 1.807) is 12.1 Å². The third kappa shape index (κ3) is 6.24. The summed E-state index contributed by atoms with van der Waals surface area (Å²) in [6.45, 7) is 0.888. The number of nitrogens with one attached hydrogen (secondary N) is 2. The number of anilines is 1. The van der Waals surface area contributed by atoms with Crippen molar-refractivity contribution in [3.05, 3.63) is 66.0 Å². The van der Waals surface area contributed by atoms with Crippen LogP contribution in [0.15, 0.2) is 54.7 Å². The standard InChI is InChI=1S/C21H23N3O2S/c1-27(25,26)24-21-12-11-19(23-16-21)9-5-6-10-20-15-18(13-14-22-20)17-7-3-2-4-8-17/h2-4,7-8,11-13,16,20,22,24H,6,10,14-15H2,1H3. The fourth-order valence-corrected chi connectivity index (χ4v) is 3.55. The second-order valence-corrected chi connectivity index (χ2v) is 8.30. The van der Waals surface area contributed by atoms with Crippen LogP contribution in [0.4, 0.5) is 5.69 Å². The molecule has 0 amide bonds. The summed E-state index contributed by atoms with van der Waals surface area (Å²) >= 11 is 0. The van der Waals surface area contributed by atoms with Gasteiger partial charge in [-0.2, -0.15) is 0 Å². The maximum Gasteiger partial charge on any atom is 0.229 e. The summed E-state index contributed by atoms with van der Waals surface area (Å²) in [5.74, 6) is 6.20. The molecule has 27 heavy (non-hydrogen) atoms. The zero-order chi connectivity index (χ0) is 19.1. The average molecular weight is 382 g/mol. The van der Waals surface area contributed by atoms with Crippen molar-refractivity contribution in [1.29, 1.82) is 0 Å². The summed E-state index contributed by atoms with van der Waals surface area (Å²) in [7, 11) is -3.29. The van der Waals surface area contributed by atoms with Gasteiger partial charge in [-0.3, -0.25) is 4.72 Å². The Morgan fingerprint density at radius 3 is 2.74 bits per heavy atom. The molecule has 0 aliphatic carbocycles. The molecule has 0 saturated carbocycles. The Hall–Kier alpha value is -2.62. The summed E-state index contributed by atoms with van der Waals surface area (Å²) in [6.07, 6.45) is 7.61. The van der Waals surface area contributed by atoms with Crippen molar-refractivity contribution in [3.63, 3.8) is 0 Å². The van der Waals surface area contributed by atoms with E-state index in [4.69, 9.17) is 0 Å². The van der Waals surface area contributed by atoms with Gasteiger partial charge in [0.05, 0.1) is 18.1 Å². The number of sulfonamides is 1. The Morgan fingerprint density at radius 1 is 1.22 bits per heavy atom. The lowest BCUT2D eigenvalue weighted by molar-refractivity contribution is 0.508. The number of hydrogen-bond donors (Lipinski definition) is 2. The van der Waals surface area contributed by atoms with Gasteiger partial charge in [-0.05, 0) is 42.0 Å². The van der Waals surface area contributed by atoms with Crippen molar-refractivity contribution >= 4 is 21.3 Å². The van der Waals surface area contributed by atoms with Gasteiger partial charge in [0.25, 0.3) is 0 Å². The molecule has 0 bridgehead atoms. The molecule has 0 fully saturated rings. The van der Waals surface area contributed by atoms with Crippen molar-refractivity contribution in [2.75, 3.05) is 17.5 Å². The van der Waals surface area contributed by atoms with Crippen LogP contribution in [0.5, 0.6) is 0 Å². The van der Waals surface area contributed by atoms with E-state index >= 15 is 0 Å². The second-order valence-electron chi connectivity index (χ2n) is 6.55. The normalized spacial score (nSPS) is 16.8. The van der Waals surface area contributed by atoms with Gasteiger partial charge in [-0.15, -0.1) is 0 Å². The quantitative estimate of drug-likeness (QED) is 0.781. The van der Waals surface area contributed by atoms with Crippen molar-refractivity contribution in [2.45, 2.75) is 25.3 Å². The number of pyridine rings is 1. The summed E-state index contributed by atoms with van der Waals surface area (Å²) in [6, 6.07) is 14.3. The number of rotatable bonds is 5. The lowest BCUT2D eigenvalue weighted by Gasteiger charge is -2.24. The van der Waals surface area contributed by atoms with Crippen molar-refractivity contribution in [3.8, 4) is 11.8 Å². The average Bonchev–Trinajstić information content (AvgIpc) is 2.66. The highest BCUT2D eigenvalue weighted by Gasteiger charge is 2.15. The molecule has 0 saturated heterocycles. The number of nitrogens with zero attached hydrogens (tertiary/aromatic N) is 1. The minimum Gasteiger partial charge on any atom is -0.310 e. The minimum atomic E-state index is -3.29. The van der Waals surface area contributed by atoms with Gasteiger partial charge < -0.3 is 5.32 Å². The predicted molar refractivity (Wildman–Crippen MR) is 110 cm³/mol. The first kappa shape index (κ1) is 19.2. The molecule has 1 aliphatic heterocycles. The summed E-state index contributed by atoms with van der Waals surface area (Å²) in [4.78, 5) is 4.17. The third-order valence-electron chi connectivity index (χ3n) is 4.27. The molecule has 2 N–H and O–H groups in total. The zero-order valence-electron chi connectivity index (χ0n) is 15.3. The van der Waals surface area contributed by atoms with Crippen molar-refractivity contribution in [1.82, 2.24) is 10.3 Å². The molecule has 3 rings (SSSR count). The first-order valence-corrected chi connectivity index (χ1v) is 10.8. The Balaban J connectivity index is 1.50. The van der Waals surface area contributed by atoms with Crippen LogP contribution in [0.1, 0.15) is 30.5 Å². The molecule has 1 unspecified atom stereocenters. The van der Waals surface area contributed by atoms with Crippen LogP contribution in [0.3, 0.4) is 0 Å². The highest BCUT2D eigenvalue weighted by molar-refractivity contribution is 7.92. The van der Waals surface area contributed by atoms with Gasteiger partial charge in [0.15, 0.2) is 0 Å². The molecule has 5 nitrogen and oxygen atoms in total. The number of aromatic nitrogens is 1. The van der Waals surface area contributed by atoms with E-state index in [0.29, 0.717) is 17.4 Å². The van der Waals surface area contributed by atoms with E-state index < -0.39 is 10.0 Å². The predicted octanol–water partition coefficient (Wildman–Crippen LogP) is 3.03. The van der Waals surface area contributed by atoms with Crippen LogP contribution in [-0.2, 0) is 10.0 Å². The lowest BCUT2D eigenvalue weighted by Crippen LogP contribution is -2.32. The highest BCUT2D eigenvalue weighted by Crippen LogP contribution is 2.23. The minimum absolute atomic E-state index is 0.425. The SMILES string of the molecule is CS(=O)(=O)Nc1ccc(C#CCCC2CC(c3ccccc3)=CCN2)nc1. The van der Waals surface area contributed by atoms with Crippen LogP contribution in [0.2, 0.25) is 0 Å². The van der Waals surface area contributed by atoms with Gasteiger partial charge in [-0.25, -0.2) is 13.4 Å². The topological polar surface area (TPSA) is 71.1 Å². The molecular weight excluding hydrogens is 358 g/mol. The fourth-order valence-electron chi connectivity index (χ4n) is 3.00. The molecule has 1 aromatic carbocycles. The van der Waals surface area contributed by atoms with Gasteiger partial charge in [0, 0.05) is 19.0 Å². The molecule has 2 heterocycles. The lowest BCUT2D eigenvalue weighted by atomic mass is 9.93. The summed E-state index contributed by atoms with van der Waals surface area (Å²) < 4.78 is 24.8. The molecule has 0 spiro atoms. The third-order valence-corrected chi connectivity index (χ3v) is 4.87. The van der Waals surface area contributed by atoms with Gasteiger partial charge in [-0.1, -0.05) is 42.3 Å². The molecule has 0 radical (unpaired) electrons. The molecule has 2 aromatic rings. The molecule has 6 heteroatoms. The van der Waals surface area contributed by atoms with E-state index in [9.17, 15) is 8.42 Å². The second kappa shape index (κ2) is 8.85. The maximum absolute atomic E-state index is 11.2. The van der Waals surface area contributed by atoms with Crippen LogP contribution >= 0.6 is 0 Å². The van der Waals surface area contributed by atoms with Crippen LogP contribution < -0.4 is 10.0 Å². The molecule has 1 aliphatic rings. The number of benzene rings is 1. The Bertz CT molecular complexity index is 956. The number of hydrogen-bond acceptors (Lipinski definition) is 4. The van der Waals surface area contributed by atoms with E-state index in [0.717, 1.165) is 32.1 Å². The zero-order valence-corrected chi connectivity index (χ0v) is 16.1. The van der Waals surface area contributed by atoms with E-state index in [1.807, 2.05) is 6.07 Å². The van der Waals surface area contributed by atoms with Crippen molar-refractivity contribution < 1.29 is 8.42 Å². The Morgan fingerprint density at radius 2 is 2.04 bits per heavy atom. The molecule has 1 atom stereocenters. The van der Waals surface area contributed by atoms with Gasteiger partial charge >= 0.3 is 0 Å². The highest BCUT2D eigenvalue weighted by atomic mass is 32.2. The van der Waals surface area contributed by atoms with Gasteiger partial charge in [0.1, 0.15) is 5.69 Å². The van der Waals surface area contributed by atoms with E-state index in [1.165, 1.54) is 17.3 Å². The van der Waals surface area contributed by atoms with Crippen LogP contribution in [0, 0.1) is 11.8 Å². The monoisotopic (exact) mass is 381 g/mol. The Labute approximate surface area is 161 Å². The molecule has 140 valence electrons. The van der Waals surface area contributed by atoms with E-state index in [-0.39, 0.29) is 0 Å².